The van der Waals surface area contributed by atoms with Crippen LogP contribution in [-0.4, -0.2) is 35.5 Å². The average Bonchev–Trinajstić information content (AvgIpc) is 3.13. The number of nitrogens with two attached hydrogens (primary N) is 1. The second kappa shape index (κ2) is 10.4. The lowest BCUT2D eigenvalue weighted by Crippen LogP contribution is -2.27. The van der Waals surface area contributed by atoms with E-state index in [1.807, 2.05) is 12.1 Å². The Balaban J connectivity index is 1.74. The van der Waals surface area contributed by atoms with Crippen molar-refractivity contribution in [1.29, 1.82) is 0 Å². The number of sulfonamides is 1. The molecule has 1 aromatic heterocycles. The zero-order valence-corrected chi connectivity index (χ0v) is 19.8. The van der Waals surface area contributed by atoms with Crippen LogP contribution in [0.3, 0.4) is 0 Å². The molecule has 0 spiro atoms. The van der Waals surface area contributed by atoms with Crippen LogP contribution in [0.1, 0.15) is 16.8 Å². The number of aliphatic carboxylic acids is 1. The first-order valence-electron chi connectivity index (χ1n) is 9.65. The Morgan fingerprint density at radius 2 is 1.65 bits per heavy atom. The van der Waals surface area contributed by atoms with Gasteiger partial charge in [-0.15, -0.1) is 0 Å². The zero-order valence-electron chi connectivity index (χ0n) is 16.8. The lowest BCUT2D eigenvalue weighted by Gasteiger charge is -2.23. The zero-order chi connectivity index (χ0) is 22.4. The first-order chi connectivity index (χ1) is 14.7. The standard InChI is InChI=1S/C22H24IN3O4S/c23-19-7-3-18(4-8-19)14-25(15-20-2-1-12-26(20)16-22(27)28)13-11-17-5-9-21(10-6-17)31(24,29)30/h1-10,12H,11,13-16H2,(H,27,28)(H2,24,29,30). The molecule has 31 heavy (non-hydrogen) atoms. The van der Waals surface area contributed by atoms with E-state index < -0.39 is 16.0 Å². The number of benzene rings is 2. The van der Waals surface area contributed by atoms with E-state index in [0.717, 1.165) is 27.8 Å². The molecule has 7 nitrogen and oxygen atoms in total. The molecule has 3 N–H and O–H groups in total. The van der Waals surface area contributed by atoms with E-state index >= 15 is 0 Å². The third kappa shape index (κ3) is 7.17. The number of carbonyl (C=O) groups is 1. The third-order valence-corrected chi connectivity index (χ3v) is 6.55. The van der Waals surface area contributed by atoms with Crippen LogP contribution in [0.25, 0.3) is 0 Å². The maximum atomic E-state index is 11.4. The molecule has 3 aromatic rings. The summed E-state index contributed by atoms with van der Waals surface area (Å²) in [5.74, 6) is -0.878. The summed E-state index contributed by atoms with van der Waals surface area (Å²) in [6.07, 6.45) is 2.49. The van der Waals surface area contributed by atoms with Crippen LogP contribution < -0.4 is 5.14 Å². The predicted molar refractivity (Wildman–Crippen MR) is 127 cm³/mol. The molecule has 0 aliphatic rings. The molecular formula is C22H24IN3O4S. The van der Waals surface area contributed by atoms with Gasteiger partial charge in [-0.25, -0.2) is 13.6 Å². The first kappa shape index (κ1) is 23.5. The minimum Gasteiger partial charge on any atom is -0.480 e. The summed E-state index contributed by atoms with van der Waals surface area (Å²) in [6, 6.07) is 18.7. The predicted octanol–water partition coefficient (Wildman–Crippen LogP) is 3.07. The van der Waals surface area contributed by atoms with Gasteiger partial charge in [-0.3, -0.25) is 9.69 Å². The molecule has 0 fully saturated rings. The highest BCUT2D eigenvalue weighted by Crippen LogP contribution is 2.15. The molecule has 0 amide bonds. The van der Waals surface area contributed by atoms with Crippen molar-refractivity contribution in [2.75, 3.05) is 6.54 Å². The molecule has 0 aliphatic heterocycles. The Morgan fingerprint density at radius 3 is 2.26 bits per heavy atom. The molecule has 0 aliphatic carbocycles. The van der Waals surface area contributed by atoms with E-state index in [2.05, 4.69) is 51.8 Å². The lowest BCUT2D eigenvalue weighted by molar-refractivity contribution is -0.137. The molecule has 0 saturated heterocycles. The maximum Gasteiger partial charge on any atom is 0.323 e. The molecular weight excluding hydrogens is 529 g/mol. The number of rotatable bonds is 10. The monoisotopic (exact) mass is 553 g/mol. The van der Waals surface area contributed by atoms with Crippen LogP contribution in [0, 0.1) is 3.57 Å². The van der Waals surface area contributed by atoms with Crippen molar-refractivity contribution in [3.05, 3.63) is 87.3 Å². The number of carboxylic acids is 1. The van der Waals surface area contributed by atoms with Gasteiger partial charge in [0.05, 0.1) is 4.90 Å². The number of carboxylic acid groups (broad SMARTS) is 1. The molecule has 0 atom stereocenters. The fourth-order valence-electron chi connectivity index (χ4n) is 3.32. The van der Waals surface area contributed by atoms with Crippen LogP contribution in [0.5, 0.6) is 0 Å². The van der Waals surface area contributed by atoms with Gasteiger partial charge in [0.2, 0.25) is 10.0 Å². The van der Waals surface area contributed by atoms with Crippen molar-refractivity contribution < 1.29 is 18.3 Å². The molecule has 164 valence electrons. The maximum absolute atomic E-state index is 11.4. The molecule has 3 rings (SSSR count). The van der Waals surface area contributed by atoms with Crippen molar-refractivity contribution in [3.8, 4) is 0 Å². The van der Waals surface area contributed by atoms with E-state index in [4.69, 9.17) is 10.2 Å². The van der Waals surface area contributed by atoms with Gasteiger partial charge in [-0.05, 0) is 76.5 Å². The van der Waals surface area contributed by atoms with E-state index in [1.165, 1.54) is 17.7 Å². The van der Waals surface area contributed by atoms with E-state index in [0.29, 0.717) is 13.1 Å². The quantitative estimate of drug-likeness (QED) is 0.376. The smallest absolute Gasteiger partial charge is 0.323 e. The summed E-state index contributed by atoms with van der Waals surface area (Å²) in [7, 11) is -3.71. The summed E-state index contributed by atoms with van der Waals surface area (Å²) in [5.41, 5.74) is 3.10. The minimum atomic E-state index is -3.71. The highest BCUT2D eigenvalue weighted by molar-refractivity contribution is 14.1. The normalized spacial score (nSPS) is 11.7. The number of primary sulfonamides is 1. The van der Waals surface area contributed by atoms with Gasteiger partial charge in [0, 0.05) is 35.1 Å². The largest absolute Gasteiger partial charge is 0.480 e. The van der Waals surface area contributed by atoms with E-state index in [-0.39, 0.29) is 11.4 Å². The highest BCUT2D eigenvalue weighted by Gasteiger charge is 2.13. The Kier molecular flexibility index (Phi) is 7.87. The van der Waals surface area contributed by atoms with Gasteiger partial charge in [0.15, 0.2) is 0 Å². The third-order valence-electron chi connectivity index (χ3n) is 4.90. The Labute approximate surface area is 195 Å². The Hall–Kier alpha value is -2.21. The summed E-state index contributed by atoms with van der Waals surface area (Å²) >= 11 is 2.27. The fourth-order valence-corrected chi connectivity index (χ4v) is 4.19. The molecule has 9 heteroatoms. The molecule has 0 bridgehead atoms. The Morgan fingerprint density at radius 1 is 1.00 bits per heavy atom. The molecule has 1 heterocycles. The van der Waals surface area contributed by atoms with Crippen LogP contribution in [-0.2, 0) is 40.9 Å². The van der Waals surface area contributed by atoms with Crippen molar-refractivity contribution in [2.24, 2.45) is 5.14 Å². The fraction of sp³-hybridized carbons (Fsp3) is 0.227. The van der Waals surface area contributed by atoms with Gasteiger partial charge in [-0.2, -0.15) is 0 Å². The summed E-state index contributed by atoms with van der Waals surface area (Å²) < 4.78 is 25.8. The van der Waals surface area contributed by atoms with E-state index in [9.17, 15) is 13.2 Å². The molecule has 0 radical (unpaired) electrons. The number of nitrogens with zero attached hydrogens (tertiary/aromatic N) is 2. The lowest BCUT2D eigenvalue weighted by atomic mass is 10.1. The number of hydrogen-bond donors (Lipinski definition) is 2. The van der Waals surface area contributed by atoms with Gasteiger partial charge in [0.1, 0.15) is 6.54 Å². The van der Waals surface area contributed by atoms with Crippen molar-refractivity contribution in [1.82, 2.24) is 9.47 Å². The van der Waals surface area contributed by atoms with Crippen molar-refractivity contribution in [3.63, 3.8) is 0 Å². The summed E-state index contributed by atoms with van der Waals surface area (Å²) in [5, 5.41) is 14.3. The second-order valence-electron chi connectivity index (χ2n) is 7.30. The first-order valence-corrected chi connectivity index (χ1v) is 12.3. The van der Waals surface area contributed by atoms with Gasteiger partial charge in [-0.1, -0.05) is 24.3 Å². The summed E-state index contributed by atoms with van der Waals surface area (Å²) in [4.78, 5) is 13.5. The topological polar surface area (TPSA) is 106 Å². The average molecular weight is 553 g/mol. The summed E-state index contributed by atoms with van der Waals surface area (Å²) in [6.45, 7) is 1.96. The minimum absolute atomic E-state index is 0.0747. The molecule has 0 unspecified atom stereocenters. The van der Waals surface area contributed by atoms with Crippen molar-refractivity contribution >= 4 is 38.6 Å². The number of aromatic nitrogens is 1. The van der Waals surface area contributed by atoms with Crippen LogP contribution in [0.4, 0.5) is 0 Å². The number of halogens is 1. The van der Waals surface area contributed by atoms with Gasteiger partial charge >= 0.3 is 5.97 Å². The van der Waals surface area contributed by atoms with Gasteiger partial charge in [0.25, 0.3) is 0 Å². The van der Waals surface area contributed by atoms with Crippen LogP contribution in [0.15, 0.2) is 71.8 Å². The molecule has 0 saturated carbocycles. The van der Waals surface area contributed by atoms with E-state index in [1.54, 1.807) is 22.9 Å². The van der Waals surface area contributed by atoms with Gasteiger partial charge < -0.3 is 9.67 Å². The Bertz CT molecular complexity index is 1130. The second-order valence-corrected chi connectivity index (χ2v) is 10.1. The molecule has 2 aromatic carbocycles. The highest BCUT2D eigenvalue weighted by atomic mass is 127. The van der Waals surface area contributed by atoms with Crippen molar-refractivity contribution in [2.45, 2.75) is 31.0 Å². The van der Waals surface area contributed by atoms with Crippen LogP contribution in [0.2, 0.25) is 0 Å². The SMILES string of the molecule is NS(=O)(=O)c1ccc(CCN(Cc2ccc(I)cc2)Cc2cccn2CC(=O)O)cc1. The number of hydrogen-bond acceptors (Lipinski definition) is 4. The van der Waals surface area contributed by atoms with Crippen LogP contribution >= 0.6 is 22.6 Å².